The zero-order chi connectivity index (χ0) is 22.4. The van der Waals surface area contributed by atoms with Gasteiger partial charge in [0.1, 0.15) is 5.82 Å². The standard InChI is InChI=1S/C20H26ClN5O3S2/c1-3-10-26-15(2)23-24-20(26)30-14-19(27)22-18-13-16(8-9-17(18)21)31(28,29)25-11-6-4-5-7-12-25/h3,8-9,13H,1,4-7,10-12,14H2,2H3,(H,22,27). The number of nitrogens with one attached hydrogen (secondary N) is 1. The van der Waals surface area contributed by atoms with Gasteiger partial charge in [-0.15, -0.1) is 16.8 Å². The lowest BCUT2D eigenvalue weighted by Crippen LogP contribution is -2.32. The summed E-state index contributed by atoms with van der Waals surface area (Å²) < 4.78 is 29.4. The third-order valence-corrected chi connectivity index (χ3v) is 8.15. The van der Waals surface area contributed by atoms with Gasteiger partial charge in [0.25, 0.3) is 0 Å². The maximum absolute atomic E-state index is 13.0. The summed E-state index contributed by atoms with van der Waals surface area (Å²) in [6.07, 6.45) is 5.50. The lowest BCUT2D eigenvalue weighted by Gasteiger charge is -2.20. The molecular weight excluding hydrogens is 458 g/mol. The predicted molar refractivity (Wildman–Crippen MR) is 123 cm³/mol. The number of amides is 1. The number of allylic oxidation sites excluding steroid dienone is 1. The molecule has 3 rings (SSSR count). The van der Waals surface area contributed by atoms with Crippen molar-refractivity contribution >= 4 is 45.0 Å². The van der Waals surface area contributed by atoms with Crippen LogP contribution in [-0.2, 0) is 21.4 Å². The molecule has 2 heterocycles. The number of carbonyl (C=O) groups excluding carboxylic acids is 1. The molecule has 1 aromatic heterocycles. The van der Waals surface area contributed by atoms with E-state index in [0.29, 0.717) is 24.8 Å². The number of aryl methyl sites for hydroxylation is 1. The molecule has 8 nitrogen and oxygen atoms in total. The molecule has 1 fully saturated rings. The smallest absolute Gasteiger partial charge is 0.243 e. The Morgan fingerprint density at radius 3 is 2.65 bits per heavy atom. The summed E-state index contributed by atoms with van der Waals surface area (Å²) in [5, 5.41) is 11.7. The van der Waals surface area contributed by atoms with Crippen molar-refractivity contribution in [3.8, 4) is 0 Å². The number of benzene rings is 1. The topological polar surface area (TPSA) is 97.2 Å². The van der Waals surface area contributed by atoms with Gasteiger partial charge in [-0.25, -0.2) is 8.42 Å². The highest BCUT2D eigenvalue weighted by Gasteiger charge is 2.26. The maximum atomic E-state index is 13.0. The molecule has 168 valence electrons. The van der Waals surface area contributed by atoms with Crippen LogP contribution in [0.2, 0.25) is 5.02 Å². The Morgan fingerprint density at radius 2 is 1.97 bits per heavy atom. The number of anilines is 1. The SMILES string of the molecule is C=CCn1c(C)nnc1SCC(=O)Nc1cc(S(=O)(=O)N2CCCCCC2)ccc1Cl. The van der Waals surface area contributed by atoms with Crippen molar-refractivity contribution < 1.29 is 13.2 Å². The third kappa shape index (κ3) is 5.88. The summed E-state index contributed by atoms with van der Waals surface area (Å²) in [4.78, 5) is 12.6. The molecule has 2 aromatic rings. The first-order valence-electron chi connectivity index (χ1n) is 10.1. The van der Waals surface area contributed by atoms with Crippen molar-refractivity contribution in [2.75, 3.05) is 24.2 Å². The molecule has 11 heteroatoms. The van der Waals surface area contributed by atoms with E-state index < -0.39 is 10.0 Å². The lowest BCUT2D eigenvalue weighted by molar-refractivity contribution is -0.113. The van der Waals surface area contributed by atoms with Crippen LogP contribution >= 0.6 is 23.4 Å². The number of halogens is 1. The molecule has 0 atom stereocenters. The van der Waals surface area contributed by atoms with Gasteiger partial charge in [0.15, 0.2) is 5.16 Å². The van der Waals surface area contributed by atoms with Gasteiger partial charge in [0.2, 0.25) is 15.9 Å². The van der Waals surface area contributed by atoms with Crippen molar-refractivity contribution in [2.45, 2.75) is 49.2 Å². The van der Waals surface area contributed by atoms with Gasteiger partial charge >= 0.3 is 0 Å². The predicted octanol–water partition coefficient (Wildman–Crippen LogP) is 3.72. The van der Waals surface area contributed by atoms with Crippen LogP contribution in [0.25, 0.3) is 0 Å². The number of aromatic nitrogens is 3. The van der Waals surface area contributed by atoms with Crippen LogP contribution in [0.1, 0.15) is 31.5 Å². The highest BCUT2D eigenvalue weighted by atomic mass is 35.5. The second kappa shape index (κ2) is 10.6. The first kappa shape index (κ1) is 23.8. The summed E-state index contributed by atoms with van der Waals surface area (Å²) in [7, 11) is -3.64. The Balaban J connectivity index is 1.70. The van der Waals surface area contributed by atoms with Gasteiger partial charge in [-0.1, -0.05) is 42.3 Å². The molecule has 0 bridgehead atoms. The number of hydrogen-bond donors (Lipinski definition) is 1. The van der Waals surface area contributed by atoms with E-state index in [-0.39, 0.29) is 27.3 Å². The van der Waals surface area contributed by atoms with E-state index in [1.165, 1.54) is 34.3 Å². The minimum Gasteiger partial charge on any atom is -0.324 e. The third-order valence-electron chi connectivity index (χ3n) is 4.96. The minimum absolute atomic E-state index is 0.0781. The van der Waals surface area contributed by atoms with Gasteiger partial charge < -0.3 is 9.88 Å². The van der Waals surface area contributed by atoms with Crippen molar-refractivity contribution in [1.29, 1.82) is 0 Å². The van der Waals surface area contributed by atoms with E-state index in [9.17, 15) is 13.2 Å². The number of carbonyl (C=O) groups is 1. The Morgan fingerprint density at radius 1 is 1.26 bits per heavy atom. The normalized spacial score (nSPS) is 15.4. The molecule has 0 saturated carbocycles. The summed E-state index contributed by atoms with van der Waals surface area (Å²) >= 11 is 7.46. The Labute approximate surface area is 192 Å². The number of thioether (sulfide) groups is 1. The Bertz CT molecular complexity index is 1050. The van der Waals surface area contributed by atoms with E-state index in [0.717, 1.165) is 31.5 Å². The highest BCUT2D eigenvalue weighted by Crippen LogP contribution is 2.28. The molecule has 0 aliphatic carbocycles. The van der Waals surface area contributed by atoms with Crippen LogP contribution in [0.15, 0.2) is 40.9 Å². The van der Waals surface area contributed by atoms with Crippen molar-refractivity contribution in [3.63, 3.8) is 0 Å². The molecule has 31 heavy (non-hydrogen) atoms. The quantitative estimate of drug-likeness (QED) is 0.454. The van der Waals surface area contributed by atoms with Crippen LogP contribution in [0.4, 0.5) is 5.69 Å². The average Bonchev–Trinajstić information content (AvgIpc) is 2.94. The molecule has 1 N–H and O–H groups in total. The lowest BCUT2D eigenvalue weighted by atomic mass is 10.2. The largest absolute Gasteiger partial charge is 0.324 e. The highest BCUT2D eigenvalue weighted by molar-refractivity contribution is 7.99. The molecule has 1 aromatic carbocycles. The molecule has 1 amide bonds. The number of nitrogens with zero attached hydrogens (tertiary/aromatic N) is 4. The second-order valence-corrected chi connectivity index (χ2v) is 10.5. The first-order valence-corrected chi connectivity index (χ1v) is 12.9. The fraction of sp³-hybridized carbons (Fsp3) is 0.450. The average molecular weight is 484 g/mol. The minimum atomic E-state index is -3.64. The molecule has 0 spiro atoms. The summed E-state index contributed by atoms with van der Waals surface area (Å²) in [5.74, 6) is 0.494. The zero-order valence-corrected chi connectivity index (χ0v) is 19.8. The van der Waals surface area contributed by atoms with Gasteiger partial charge in [-0.05, 0) is 38.0 Å². The molecule has 1 saturated heterocycles. The monoisotopic (exact) mass is 483 g/mol. The Hall–Kier alpha value is -1.88. The summed E-state index contributed by atoms with van der Waals surface area (Å²) in [6, 6.07) is 4.40. The summed E-state index contributed by atoms with van der Waals surface area (Å²) in [5.41, 5.74) is 0.270. The van der Waals surface area contributed by atoms with E-state index in [4.69, 9.17) is 11.6 Å². The van der Waals surface area contributed by atoms with E-state index in [1.807, 2.05) is 11.5 Å². The second-order valence-electron chi connectivity index (χ2n) is 7.23. The number of sulfonamides is 1. The van der Waals surface area contributed by atoms with Crippen LogP contribution in [0.3, 0.4) is 0 Å². The van der Waals surface area contributed by atoms with E-state index >= 15 is 0 Å². The molecule has 0 radical (unpaired) electrons. The van der Waals surface area contributed by atoms with Crippen molar-refractivity contribution in [1.82, 2.24) is 19.1 Å². The molecular formula is C20H26ClN5O3S2. The van der Waals surface area contributed by atoms with Gasteiger partial charge in [-0.3, -0.25) is 4.79 Å². The first-order chi connectivity index (χ1) is 14.8. The fourth-order valence-electron chi connectivity index (χ4n) is 3.32. The number of rotatable bonds is 8. The van der Waals surface area contributed by atoms with Crippen LogP contribution in [-0.4, -0.2) is 52.2 Å². The Kier molecular flexibility index (Phi) is 8.15. The van der Waals surface area contributed by atoms with E-state index in [1.54, 1.807) is 6.08 Å². The molecule has 1 aliphatic rings. The van der Waals surface area contributed by atoms with Crippen LogP contribution in [0.5, 0.6) is 0 Å². The summed E-state index contributed by atoms with van der Waals surface area (Å²) in [6.45, 7) is 7.11. The molecule has 0 unspecified atom stereocenters. The van der Waals surface area contributed by atoms with Gasteiger partial charge in [0.05, 0.1) is 21.4 Å². The molecule has 1 aliphatic heterocycles. The maximum Gasteiger partial charge on any atom is 0.243 e. The van der Waals surface area contributed by atoms with Gasteiger partial charge in [-0.2, -0.15) is 4.31 Å². The zero-order valence-electron chi connectivity index (χ0n) is 17.4. The van der Waals surface area contributed by atoms with E-state index in [2.05, 4.69) is 22.1 Å². The van der Waals surface area contributed by atoms with Crippen LogP contribution < -0.4 is 5.32 Å². The van der Waals surface area contributed by atoms with Crippen LogP contribution in [0, 0.1) is 6.92 Å². The van der Waals surface area contributed by atoms with Gasteiger partial charge in [0, 0.05) is 19.6 Å². The van der Waals surface area contributed by atoms with Crippen molar-refractivity contribution in [3.05, 3.63) is 41.7 Å². The number of hydrogen-bond acceptors (Lipinski definition) is 6. The fourth-order valence-corrected chi connectivity index (χ4v) is 5.82. The van der Waals surface area contributed by atoms with Crippen molar-refractivity contribution in [2.24, 2.45) is 0 Å².